The molecule has 110 valence electrons. The molecule has 2 aliphatic rings. The molecule has 0 aliphatic heterocycles. The van der Waals surface area contributed by atoms with Crippen LogP contribution in [0.2, 0.25) is 0 Å². The second kappa shape index (κ2) is 4.94. The zero-order valence-electron chi connectivity index (χ0n) is 12.1. The van der Waals surface area contributed by atoms with E-state index >= 15 is 0 Å². The molecule has 1 fully saturated rings. The van der Waals surface area contributed by atoms with Crippen molar-refractivity contribution in [2.75, 3.05) is 5.32 Å². The average molecular weight is 302 g/mol. The first-order chi connectivity index (χ1) is 10.2. The van der Waals surface area contributed by atoms with E-state index in [1.54, 1.807) is 11.3 Å². The van der Waals surface area contributed by atoms with Gasteiger partial charge in [-0.3, -0.25) is 9.48 Å². The van der Waals surface area contributed by atoms with Gasteiger partial charge in [-0.2, -0.15) is 5.10 Å². The lowest BCUT2D eigenvalue weighted by molar-refractivity contribution is -0.119. The number of nitrogens with zero attached hydrogens (tertiary/aromatic N) is 3. The molecule has 0 saturated heterocycles. The van der Waals surface area contributed by atoms with Gasteiger partial charge in [-0.25, -0.2) is 4.98 Å². The number of amides is 1. The summed E-state index contributed by atoms with van der Waals surface area (Å²) in [5.74, 6) is 0.324. The summed E-state index contributed by atoms with van der Waals surface area (Å²) >= 11 is 1.62. The van der Waals surface area contributed by atoms with Crippen LogP contribution in [-0.4, -0.2) is 20.7 Å². The molecule has 0 radical (unpaired) electrons. The van der Waals surface area contributed by atoms with Crippen LogP contribution in [0.4, 0.5) is 5.13 Å². The van der Waals surface area contributed by atoms with Crippen molar-refractivity contribution in [1.82, 2.24) is 14.8 Å². The fraction of sp³-hybridized carbons (Fsp3) is 0.533. The van der Waals surface area contributed by atoms with Crippen LogP contribution < -0.4 is 5.32 Å². The topological polar surface area (TPSA) is 59.8 Å². The molecule has 2 aromatic heterocycles. The monoisotopic (exact) mass is 302 g/mol. The van der Waals surface area contributed by atoms with Gasteiger partial charge < -0.3 is 5.32 Å². The number of rotatable bonds is 2. The van der Waals surface area contributed by atoms with Gasteiger partial charge in [0.25, 0.3) is 0 Å². The molecule has 0 unspecified atom stereocenters. The van der Waals surface area contributed by atoms with Crippen molar-refractivity contribution in [2.45, 2.75) is 38.5 Å². The number of aromatic nitrogens is 3. The van der Waals surface area contributed by atoms with Crippen molar-refractivity contribution in [3.63, 3.8) is 0 Å². The minimum atomic E-state index is 0.144. The Morgan fingerprint density at radius 3 is 3.00 bits per heavy atom. The van der Waals surface area contributed by atoms with E-state index in [0.29, 0.717) is 0 Å². The molecule has 6 heteroatoms. The number of hydrogen-bond donors (Lipinski definition) is 1. The van der Waals surface area contributed by atoms with Gasteiger partial charge in [0.2, 0.25) is 5.91 Å². The van der Waals surface area contributed by atoms with Crippen LogP contribution in [0.3, 0.4) is 0 Å². The van der Waals surface area contributed by atoms with Gasteiger partial charge in [0.1, 0.15) is 0 Å². The smallest absolute Gasteiger partial charge is 0.229 e. The number of nitrogens with one attached hydrogen (secondary N) is 1. The van der Waals surface area contributed by atoms with Crippen LogP contribution in [-0.2, 0) is 24.7 Å². The molecule has 1 N–H and O–H groups in total. The Morgan fingerprint density at radius 2 is 2.19 bits per heavy atom. The van der Waals surface area contributed by atoms with E-state index in [4.69, 9.17) is 0 Å². The number of anilines is 1. The summed E-state index contributed by atoms with van der Waals surface area (Å²) in [6.07, 6.45) is 8.25. The van der Waals surface area contributed by atoms with Crippen molar-refractivity contribution in [1.29, 1.82) is 0 Å². The maximum atomic E-state index is 12.2. The van der Waals surface area contributed by atoms with E-state index in [2.05, 4.69) is 15.4 Å². The predicted octanol–water partition coefficient (Wildman–Crippen LogP) is 2.77. The van der Waals surface area contributed by atoms with Crippen LogP contribution >= 0.6 is 11.3 Å². The standard InChI is InChI=1S/C15H18N4OS/c1-19-11-6-7-12-13(10(11)8-16-19)17-15(21-12)18-14(20)9-4-2-3-5-9/h8-9H,2-7H2,1H3,(H,17,18,20). The maximum Gasteiger partial charge on any atom is 0.229 e. The molecule has 5 nitrogen and oxygen atoms in total. The summed E-state index contributed by atoms with van der Waals surface area (Å²) in [5.41, 5.74) is 3.37. The normalized spacial score (nSPS) is 17.6. The van der Waals surface area contributed by atoms with Crippen molar-refractivity contribution in [3.8, 4) is 11.3 Å². The van der Waals surface area contributed by atoms with E-state index in [0.717, 1.165) is 42.1 Å². The number of thiazole rings is 1. The van der Waals surface area contributed by atoms with Crippen LogP contribution in [0.1, 0.15) is 36.3 Å². The first-order valence-electron chi connectivity index (χ1n) is 7.54. The van der Waals surface area contributed by atoms with E-state index < -0.39 is 0 Å². The minimum Gasteiger partial charge on any atom is -0.302 e. The van der Waals surface area contributed by atoms with Gasteiger partial charge in [0, 0.05) is 29.1 Å². The Morgan fingerprint density at radius 1 is 1.38 bits per heavy atom. The highest BCUT2D eigenvalue weighted by Gasteiger charge is 2.26. The molecule has 4 rings (SSSR count). The molecule has 1 saturated carbocycles. The number of carbonyl (C=O) groups is 1. The Labute approximate surface area is 127 Å². The Hall–Kier alpha value is -1.69. The van der Waals surface area contributed by atoms with Crippen LogP contribution in [0.15, 0.2) is 6.20 Å². The molecular formula is C15H18N4OS. The predicted molar refractivity (Wildman–Crippen MR) is 82.3 cm³/mol. The number of aryl methyl sites for hydroxylation is 2. The van der Waals surface area contributed by atoms with Crippen LogP contribution in [0, 0.1) is 5.92 Å². The second-order valence-corrected chi connectivity index (χ2v) is 6.97. The SMILES string of the molecule is Cn1ncc2c1CCc1sc(NC(=O)C3CCCC3)nc1-2. The first kappa shape index (κ1) is 13.0. The summed E-state index contributed by atoms with van der Waals surface area (Å²) in [6.45, 7) is 0. The number of carbonyl (C=O) groups excluding carboxylic acids is 1. The van der Waals surface area contributed by atoms with Crippen molar-refractivity contribution < 1.29 is 4.79 Å². The van der Waals surface area contributed by atoms with Crippen LogP contribution in [0.25, 0.3) is 11.3 Å². The van der Waals surface area contributed by atoms with Gasteiger partial charge >= 0.3 is 0 Å². The summed E-state index contributed by atoms with van der Waals surface area (Å²) in [4.78, 5) is 18.1. The van der Waals surface area contributed by atoms with Gasteiger partial charge in [0.05, 0.1) is 11.9 Å². The van der Waals surface area contributed by atoms with Crippen molar-refractivity contribution >= 4 is 22.4 Å². The maximum absolute atomic E-state index is 12.2. The molecule has 0 bridgehead atoms. The third kappa shape index (κ3) is 2.18. The second-order valence-electron chi connectivity index (χ2n) is 5.89. The van der Waals surface area contributed by atoms with E-state index in [1.807, 2.05) is 17.9 Å². The van der Waals surface area contributed by atoms with E-state index in [-0.39, 0.29) is 11.8 Å². The van der Waals surface area contributed by atoms with E-state index in [1.165, 1.54) is 23.4 Å². The van der Waals surface area contributed by atoms with Gasteiger partial charge in [-0.15, -0.1) is 11.3 Å². The summed E-state index contributed by atoms with van der Waals surface area (Å²) < 4.78 is 1.93. The molecule has 0 spiro atoms. The van der Waals surface area contributed by atoms with Crippen molar-refractivity contribution in [2.24, 2.45) is 13.0 Å². The quantitative estimate of drug-likeness (QED) is 0.928. The highest BCUT2D eigenvalue weighted by Crippen LogP contribution is 2.38. The highest BCUT2D eigenvalue weighted by molar-refractivity contribution is 7.16. The summed E-state index contributed by atoms with van der Waals surface area (Å²) in [6, 6.07) is 0. The molecule has 2 aliphatic carbocycles. The Bertz CT molecular complexity index is 697. The molecule has 0 aromatic carbocycles. The molecule has 2 aromatic rings. The zero-order chi connectivity index (χ0) is 14.4. The molecule has 1 amide bonds. The fourth-order valence-electron chi connectivity index (χ4n) is 3.37. The Balaban J connectivity index is 1.59. The molecule has 21 heavy (non-hydrogen) atoms. The lowest BCUT2D eigenvalue weighted by atomic mass is 10.0. The van der Waals surface area contributed by atoms with Gasteiger partial charge in [-0.05, 0) is 25.7 Å². The molecular weight excluding hydrogens is 284 g/mol. The summed E-state index contributed by atoms with van der Waals surface area (Å²) in [5, 5.41) is 8.09. The molecule has 2 heterocycles. The molecule has 0 atom stereocenters. The first-order valence-corrected chi connectivity index (χ1v) is 8.36. The summed E-state index contributed by atoms with van der Waals surface area (Å²) in [7, 11) is 1.97. The lowest BCUT2D eigenvalue weighted by Gasteiger charge is -2.10. The highest BCUT2D eigenvalue weighted by atomic mass is 32.1. The number of fused-ring (bicyclic) bond motifs is 3. The lowest BCUT2D eigenvalue weighted by Crippen LogP contribution is -2.20. The minimum absolute atomic E-state index is 0.144. The van der Waals surface area contributed by atoms with Gasteiger partial charge in [-0.1, -0.05) is 12.8 Å². The van der Waals surface area contributed by atoms with Crippen LogP contribution in [0.5, 0.6) is 0 Å². The van der Waals surface area contributed by atoms with Gasteiger partial charge in [0.15, 0.2) is 5.13 Å². The Kier molecular flexibility index (Phi) is 3.06. The fourth-order valence-corrected chi connectivity index (χ4v) is 4.35. The third-order valence-electron chi connectivity index (χ3n) is 4.56. The zero-order valence-corrected chi connectivity index (χ0v) is 12.9. The van der Waals surface area contributed by atoms with E-state index in [9.17, 15) is 4.79 Å². The largest absolute Gasteiger partial charge is 0.302 e. The van der Waals surface area contributed by atoms with Crippen molar-refractivity contribution in [3.05, 3.63) is 16.8 Å². The average Bonchev–Trinajstić information content (AvgIpc) is 3.17. The third-order valence-corrected chi connectivity index (χ3v) is 5.59. The number of hydrogen-bond acceptors (Lipinski definition) is 4.